The van der Waals surface area contributed by atoms with Crippen LogP contribution in [-0.4, -0.2) is 27.0 Å². The first-order chi connectivity index (χ1) is 9.67. The van der Waals surface area contributed by atoms with Gasteiger partial charge in [0, 0.05) is 6.42 Å². The number of aliphatic carboxylic acids is 1. The summed E-state index contributed by atoms with van der Waals surface area (Å²) in [6.07, 6.45) is 7.27. The topological polar surface area (TPSA) is 76.2 Å². The predicted molar refractivity (Wildman–Crippen MR) is 75.6 cm³/mol. The quantitative estimate of drug-likeness (QED) is 0.899. The summed E-state index contributed by atoms with van der Waals surface area (Å²) in [5.74, 6) is 1.86. The van der Waals surface area contributed by atoms with Crippen LogP contribution in [0.2, 0.25) is 0 Å². The van der Waals surface area contributed by atoms with Crippen LogP contribution in [0.15, 0.2) is 4.52 Å². The van der Waals surface area contributed by atoms with E-state index in [-0.39, 0.29) is 11.8 Å². The number of carboxylic acids is 1. The van der Waals surface area contributed by atoms with Gasteiger partial charge in [0.25, 0.3) is 0 Å². The maximum atomic E-state index is 11.1. The van der Waals surface area contributed by atoms with Gasteiger partial charge in [0.1, 0.15) is 0 Å². The minimum absolute atomic E-state index is 0.168. The molecule has 1 aliphatic carbocycles. The molecule has 110 valence electrons. The van der Waals surface area contributed by atoms with E-state index in [9.17, 15) is 4.79 Å². The number of carbonyl (C=O) groups is 1. The van der Waals surface area contributed by atoms with E-state index in [1.165, 1.54) is 6.42 Å². The number of rotatable bonds is 5. The summed E-state index contributed by atoms with van der Waals surface area (Å²) in [7, 11) is 0. The van der Waals surface area contributed by atoms with Gasteiger partial charge in [-0.05, 0) is 36.9 Å². The molecule has 20 heavy (non-hydrogen) atoms. The maximum Gasteiger partial charge on any atom is 0.303 e. The normalized spacial score (nSPS) is 25.1. The third-order valence-electron chi connectivity index (χ3n) is 4.42. The van der Waals surface area contributed by atoms with Gasteiger partial charge in [0.2, 0.25) is 5.89 Å². The Kier molecular flexibility index (Phi) is 4.01. The lowest BCUT2D eigenvalue weighted by Crippen LogP contribution is -2.24. The molecule has 5 nitrogen and oxygen atoms in total. The van der Waals surface area contributed by atoms with E-state index in [2.05, 4.69) is 10.1 Å². The van der Waals surface area contributed by atoms with Crippen molar-refractivity contribution in [2.24, 2.45) is 5.41 Å². The smallest absolute Gasteiger partial charge is 0.303 e. The van der Waals surface area contributed by atoms with Crippen LogP contribution in [0.3, 0.4) is 0 Å². The highest BCUT2D eigenvalue weighted by Crippen LogP contribution is 2.44. The van der Waals surface area contributed by atoms with E-state index in [4.69, 9.17) is 9.63 Å². The number of hydrogen-bond donors (Lipinski definition) is 1. The van der Waals surface area contributed by atoms with Crippen molar-refractivity contribution in [1.82, 2.24) is 10.1 Å². The Morgan fingerprint density at radius 3 is 2.85 bits per heavy atom. The van der Waals surface area contributed by atoms with Crippen LogP contribution in [0.5, 0.6) is 0 Å². The van der Waals surface area contributed by atoms with E-state index < -0.39 is 5.97 Å². The summed E-state index contributed by atoms with van der Waals surface area (Å²) in [6, 6.07) is 0. The Balaban J connectivity index is 1.70. The lowest BCUT2D eigenvalue weighted by Gasteiger charge is -2.24. The number of carboxylic acid groups (broad SMARTS) is 1. The minimum atomic E-state index is -0.724. The van der Waals surface area contributed by atoms with Crippen LogP contribution in [0, 0.1) is 5.41 Å². The lowest BCUT2D eigenvalue weighted by molar-refractivity contribution is -0.139. The van der Waals surface area contributed by atoms with E-state index in [0.29, 0.717) is 17.6 Å². The molecule has 3 rings (SSSR count). The molecular formula is C14H20N2O3S. The highest BCUT2D eigenvalue weighted by Gasteiger charge is 2.38. The minimum Gasteiger partial charge on any atom is -0.481 e. The van der Waals surface area contributed by atoms with Gasteiger partial charge in [-0.1, -0.05) is 18.0 Å². The Bertz CT molecular complexity index is 477. The molecule has 2 fully saturated rings. The van der Waals surface area contributed by atoms with Crippen molar-refractivity contribution in [3.8, 4) is 0 Å². The molecule has 6 heteroatoms. The number of thioether (sulfide) groups is 1. The molecule has 0 bridgehead atoms. The highest BCUT2D eigenvalue weighted by molar-refractivity contribution is 7.99. The van der Waals surface area contributed by atoms with Crippen molar-refractivity contribution in [3.05, 3.63) is 11.7 Å². The fourth-order valence-electron chi connectivity index (χ4n) is 3.43. The predicted octanol–water partition coefficient (Wildman–Crippen LogP) is 3.22. The van der Waals surface area contributed by atoms with Gasteiger partial charge < -0.3 is 9.63 Å². The van der Waals surface area contributed by atoms with Gasteiger partial charge in [-0.2, -0.15) is 16.7 Å². The zero-order valence-corrected chi connectivity index (χ0v) is 12.3. The summed E-state index contributed by atoms with van der Waals surface area (Å²) in [5.41, 5.74) is -0.168. The standard InChI is InChI=1S/C14H20N2O3S/c17-12(18)9-14(5-1-2-6-14)8-11-15-13(16-19-11)10-4-3-7-20-10/h10H,1-9H2,(H,17,18). The van der Waals surface area contributed by atoms with Crippen molar-refractivity contribution >= 4 is 17.7 Å². The van der Waals surface area contributed by atoms with Crippen molar-refractivity contribution in [2.45, 2.75) is 56.6 Å². The molecule has 1 saturated heterocycles. The fraction of sp³-hybridized carbons (Fsp3) is 0.786. The third kappa shape index (κ3) is 3.00. The van der Waals surface area contributed by atoms with E-state index in [1.807, 2.05) is 11.8 Å². The molecule has 1 aromatic rings. The van der Waals surface area contributed by atoms with Gasteiger partial charge >= 0.3 is 5.97 Å². The summed E-state index contributed by atoms with van der Waals surface area (Å²) in [5, 5.41) is 13.6. The molecule has 0 radical (unpaired) electrons. The van der Waals surface area contributed by atoms with Crippen LogP contribution in [0.1, 0.15) is 61.9 Å². The zero-order valence-electron chi connectivity index (χ0n) is 11.5. The Morgan fingerprint density at radius 2 is 2.20 bits per heavy atom. The van der Waals surface area contributed by atoms with Gasteiger partial charge in [-0.15, -0.1) is 0 Å². The first-order valence-corrected chi connectivity index (χ1v) is 8.38. The molecule has 0 aromatic carbocycles. The monoisotopic (exact) mass is 296 g/mol. The van der Waals surface area contributed by atoms with Crippen LogP contribution in [-0.2, 0) is 11.2 Å². The lowest BCUT2D eigenvalue weighted by atomic mass is 9.79. The SMILES string of the molecule is O=C(O)CC1(Cc2nc(C3CCCS3)no2)CCCC1. The first-order valence-electron chi connectivity index (χ1n) is 7.33. The van der Waals surface area contributed by atoms with Crippen LogP contribution in [0.25, 0.3) is 0 Å². The Labute approximate surface area is 122 Å². The second kappa shape index (κ2) is 5.76. The largest absolute Gasteiger partial charge is 0.481 e. The summed E-state index contributed by atoms with van der Waals surface area (Å²) < 4.78 is 5.38. The number of aromatic nitrogens is 2. The molecule has 1 atom stereocenters. The van der Waals surface area contributed by atoms with Crippen LogP contribution >= 0.6 is 11.8 Å². The second-order valence-electron chi connectivity index (χ2n) is 6.00. The van der Waals surface area contributed by atoms with Gasteiger partial charge in [-0.3, -0.25) is 4.79 Å². The van der Waals surface area contributed by atoms with Crippen molar-refractivity contribution < 1.29 is 14.4 Å². The van der Waals surface area contributed by atoms with E-state index in [1.54, 1.807) is 0 Å². The zero-order chi connectivity index (χ0) is 14.0. The first kappa shape index (κ1) is 13.9. The van der Waals surface area contributed by atoms with Crippen molar-refractivity contribution in [1.29, 1.82) is 0 Å². The average molecular weight is 296 g/mol. The Hall–Kier alpha value is -1.04. The highest BCUT2D eigenvalue weighted by atomic mass is 32.2. The molecule has 1 aliphatic heterocycles. The molecule has 2 aliphatic rings. The van der Waals surface area contributed by atoms with Crippen LogP contribution in [0.4, 0.5) is 0 Å². The van der Waals surface area contributed by atoms with E-state index >= 15 is 0 Å². The molecule has 2 heterocycles. The van der Waals surface area contributed by atoms with Crippen molar-refractivity contribution in [3.63, 3.8) is 0 Å². The van der Waals surface area contributed by atoms with E-state index in [0.717, 1.165) is 43.7 Å². The molecule has 0 spiro atoms. The number of hydrogen-bond acceptors (Lipinski definition) is 5. The van der Waals surface area contributed by atoms with Gasteiger partial charge in [-0.25, -0.2) is 0 Å². The molecule has 1 saturated carbocycles. The molecule has 1 aromatic heterocycles. The number of nitrogens with zero attached hydrogens (tertiary/aromatic N) is 2. The molecule has 1 unspecified atom stereocenters. The maximum absolute atomic E-state index is 11.1. The summed E-state index contributed by atoms with van der Waals surface area (Å²) in [4.78, 5) is 15.6. The Morgan fingerprint density at radius 1 is 1.40 bits per heavy atom. The summed E-state index contributed by atoms with van der Waals surface area (Å²) >= 11 is 1.88. The fourth-order valence-corrected chi connectivity index (χ4v) is 4.63. The average Bonchev–Trinajstić information content (AvgIpc) is 3.08. The molecular weight excluding hydrogens is 276 g/mol. The molecule has 1 N–H and O–H groups in total. The summed E-state index contributed by atoms with van der Waals surface area (Å²) in [6.45, 7) is 0. The van der Waals surface area contributed by atoms with Crippen molar-refractivity contribution in [2.75, 3.05) is 5.75 Å². The van der Waals surface area contributed by atoms with Gasteiger partial charge in [0.05, 0.1) is 11.7 Å². The third-order valence-corrected chi connectivity index (χ3v) is 5.79. The molecule has 0 amide bonds. The van der Waals surface area contributed by atoms with Crippen LogP contribution < -0.4 is 0 Å². The van der Waals surface area contributed by atoms with Gasteiger partial charge in [0.15, 0.2) is 5.82 Å². The second-order valence-corrected chi connectivity index (χ2v) is 7.31.